The number of rotatable bonds is 15. The summed E-state index contributed by atoms with van der Waals surface area (Å²) in [5.41, 5.74) is 3.05. The number of benzene rings is 3. The Morgan fingerprint density at radius 3 is 1.56 bits per heavy atom. The van der Waals surface area contributed by atoms with Crippen LogP contribution in [0, 0.1) is 0 Å². The van der Waals surface area contributed by atoms with E-state index in [-0.39, 0.29) is 69.8 Å². The molecule has 0 atom stereocenters. The number of hydrogen-bond acceptors (Lipinski definition) is 12. The normalized spacial score (nSPS) is 12.8. The van der Waals surface area contributed by atoms with Crippen molar-refractivity contribution in [2.45, 2.75) is 98.9 Å². The van der Waals surface area contributed by atoms with Gasteiger partial charge in [-0.25, -0.2) is 9.59 Å². The average molecular weight is 875 g/mol. The average Bonchev–Trinajstić information content (AvgIpc) is 3.84. The first-order valence-electron chi connectivity index (χ1n) is 21.3. The summed E-state index contributed by atoms with van der Waals surface area (Å²) in [4.78, 5) is 80.5. The third kappa shape index (κ3) is 15.8. The zero-order valence-electron chi connectivity index (χ0n) is 37.8. The Labute approximate surface area is 369 Å². The van der Waals surface area contributed by atoms with Crippen molar-refractivity contribution >= 4 is 47.3 Å². The van der Waals surface area contributed by atoms with Crippen LogP contribution >= 0.6 is 0 Å². The predicted molar refractivity (Wildman–Crippen MR) is 236 cm³/mol. The van der Waals surface area contributed by atoms with Crippen LogP contribution in [0.4, 0.5) is 21.0 Å². The fourth-order valence-corrected chi connectivity index (χ4v) is 6.65. The topological polar surface area (TPSA) is 182 Å². The number of hydrogen-bond donors (Lipinski definition) is 1. The van der Waals surface area contributed by atoms with Gasteiger partial charge in [0.1, 0.15) is 42.4 Å². The van der Waals surface area contributed by atoms with Crippen LogP contribution in [0.2, 0.25) is 0 Å². The van der Waals surface area contributed by atoms with Crippen molar-refractivity contribution in [3.05, 3.63) is 83.4 Å². The molecule has 16 nitrogen and oxygen atoms in total. The summed E-state index contributed by atoms with van der Waals surface area (Å²) in [6, 6.07) is 20.4. The molecule has 0 spiro atoms. The maximum Gasteiger partial charge on any atom is 0.410 e. The first-order chi connectivity index (χ1) is 29.8. The molecule has 4 amide bonds. The van der Waals surface area contributed by atoms with E-state index in [2.05, 4.69) is 0 Å². The Morgan fingerprint density at radius 2 is 1.10 bits per heavy atom. The van der Waals surface area contributed by atoms with Crippen molar-refractivity contribution in [1.29, 1.82) is 0 Å². The first kappa shape index (κ1) is 49.3. The van der Waals surface area contributed by atoms with E-state index in [4.69, 9.17) is 23.7 Å². The van der Waals surface area contributed by atoms with Crippen LogP contribution in [-0.2, 0) is 57.6 Å². The second-order valence-electron chi connectivity index (χ2n) is 16.9. The van der Waals surface area contributed by atoms with Crippen molar-refractivity contribution in [2.75, 3.05) is 62.3 Å². The minimum absolute atomic E-state index is 0.0148. The van der Waals surface area contributed by atoms with E-state index >= 15 is 0 Å². The van der Waals surface area contributed by atoms with E-state index in [9.17, 15) is 33.9 Å². The van der Waals surface area contributed by atoms with Crippen LogP contribution < -0.4 is 14.5 Å². The maximum absolute atomic E-state index is 13.2. The number of ether oxygens (including phenoxy) is 5. The fraction of sp³-hybridized carbons (Fsp3) is 0.489. The third-order valence-electron chi connectivity index (χ3n) is 9.49. The van der Waals surface area contributed by atoms with Crippen molar-refractivity contribution in [3.63, 3.8) is 0 Å². The standard InChI is InChI=1S/C27H34N2O6.C20H28N2O6/c1-5-33-25(31)14-15-28(26(32)35-27(2,3)4)18-24(30)29-16-13-21-17-22(11-12-23(21)29)34-19-20-9-7-6-8-10-20;1-5-27-18(25)9-10-21(19(26)28-20(2,3)4)13-17(24)22-11-8-14-12-15(23)6-7-16(14)22/h6-12,17H,5,13-16,18-19H2,1-4H3;6-7,12,23H,5,8-11,13H2,1-4H3. The van der Waals surface area contributed by atoms with Gasteiger partial charge in [0.15, 0.2) is 0 Å². The van der Waals surface area contributed by atoms with Crippen LogP contribution in [0.25, 0.3) is 0 Å². The zero-order chi connectivity index (χ0) is 46.3. The van der Waals surface area contributed by atoms with Gasteiger partial charge in [0.05, 0.1) is 26.1 Å². The van der Waals surface area contributed by atoms with Gasteiger partial charge in [-0.15, -0.1) is 0 Å². The Balaban J connectivity index is 0.000000284. The lowest BCUT2D eigenvalue weighted by Gasteiger charge is -2.28. The molecule has 2 aliphatic heterocycles. The van der Waals surface area contributed by atoms with Gasteiger partial charge in [-0.2, -0.15) is 0 Å². The van der Waals surface area contributed by atoms with Gasteiger partial charge in [-0.05, 0) is 121 Å². The summed E-state index contributed by atoms with van der Waals surface area (Å²) in [6.45, 7) is 15.5. The van der Waals surface area contributed by atoms with Crippen molar-refractivity contribution in [2.24, 2.45) is 0 Å². The van der Waals surface area contributed by atoms with Crippen LogP contribution in [0.1, 0.15) is 84.9 Å². The van der Waals surface area contributed by atoms with Gasteiger partial charge >= 0.3 is 24.1 Å². The second-order valence-corrected chi connectivity index (χ2v) is 16.9. The molecule has 0 radical (unpaired) electrons. The number of aromatic hydroxyl groups is 1. The summed E-state index contributed by atoms with van der Waals surface area (Å²) in [6.07, 6.45) is -0.0115. The summed E-state index contributed by atoms with van der Waals surface area (Å²) in [7, 11) is 0. The molecule has 0 fully saturated rings. The first-order valence-corrected chi connectivity index (χ1v) is 21.3. The van der Waals surface area contributed by atoms with Crippen molar-refractivity contribution in [3.8, 4) is 11.5 Å². The lowest BCUT2D eigenvalue weighted by molar-refractivity contribution is -0.144. The molecular formula is C47H62N4O12. The summed E-state index contributed by atoms with van der Waals surface area (Å²) < 4.78 is 26.6. The highest BCUT2D eigenvalue weighted by Gasteiger charge is 2.32. The number of nitrogens with zero attached hydrogens (tertiary/aromatic N) is 4. The van der Waals surface area contributed by atoms with Crippen molar-refractivity contribution in [1.82, 2.24) is 9.80 Å². The number of carbonyl (C=O) groups excluding carboxylic acids is 6. The summed E-state index contributed by atoms with van der Waals surface area (Å²) >= 11 is 0. The monoisotopic (exact) mass is 874 g/mol. The van der Waals surface area contributed by atoms with Crippen molar-refractivity contribution < 1.29 is 57.6 Å². The third-order valence-corrected chi connectivity index (χ3v) is 9.49. The molecule has 342 valence electrons. The molecule has 1 N–H and O–H groups in total. The molecule has 3 aromatic carbocycles. The maximum atomic E-state index is 13.2. The number of fused-ring (bicyclic) bond motifs is 2. The van der Waals surface area contributed by atoms with Crippen LogP contribution in [0.15, 0.2) is 66.7 Å². The van der Waals surface area contributed by atoms with Crippen LogP contribution in [-0.4, -0.2) is 115 Å². The lowest BCUT2D eigenvalue weighted by Crippen LogP contribution is -2.45. The quantitative estimate of drug-likeness (QED) is 0.125. The zero-order valence-corrected chi connectivity index (χ0v) is 37.8. The lowest BCUT2D eigenvalue weighted by atomic mass is 10.1. The van der Waals surface area contributed by atoms with Crippen LogP contribution in [0.5, 0.6) is 11.5 Å². The number of phenolic OH excluding ortho intramolecular Hbond substituents is 1. The minimum Gasteiger partial charge on any atom is -0.508 e. The van der Waals surface area contributed by atoms with E-state index in [1.54, 1.807) is 77.3 Å². The number of carbonyl (C=O) groups is 6. The van der Waals surface area contributed by atoms with E-state index in [1.165, 1.54) is 15.9 Å². The molecule has 0 saturated carbocycles. The summed E-state index contributed by atoms with van der Waals surface area (Å²) in [5.74, 6) is -0.492. The number of esters is 2. The van der Waals surface area contributed by atoms with Gasteiger partial charge in [0.25, 0.3) is 0 Å². The molecule has 2 aliphatic rings. The minimum atomic E-state index is -0.724. The Bertz CT molecular complexity index is 2060. The molecule has 16 heteroatoms. The second kappa shape index (κ2) is 22.7. The number of amides is 4. The molecule has 0 aliphatic carbocycles. The SMILES string of the molecule is CCOC(=O)CCN(CC(=O)N1CCc2cc(O)ccc21)C(=O)OC(C)(C)C.CCOC(=O)CCN(CC(=O)N1CCc2cc(OCc3ccccc3)ccc21)C(=O)OC(C)(C)C. The van der Waals surface area contributed by atoms with Gasteiger partial charge in [-0.1, -0.05) is 30.3 Å². The molecule has 0 saturated heterocycles. The predicted octanol–water partition coefficient (Wildman–Crippen LogP) is 6.82. The summed E-state index contributed by atoms with van der Waals surface area (Å²) in [5, 5.41) is 9.60. The largest absolute Gasteiger partial charge is 0.508 e. The smallest absolute Gasteiger partial charge is 0.410 e. The van der Waals surface area contributed by atoms with E-state index in [0.717, 1.165) is 33.8 Å². The van der Waals surface area contributed by atoms with E-state index in [1.807, 2.05) is 48.5 Å². The molecule has 63 heavy (non-hydrogen) atoms. The molecule has 0 unspecified atom stereocenters. The fourth-order valence-electron chi connectivity index (χ4n) is 6.65. The molecule has 3 aromatic rings. The van der Waals surface area contributed by atoms with E-state index in [0.29, 0.717) is 32.5 Å². The Hall–Kier alpha value is -6.32. The Morgan fingerprint density at radius 1 is 0.635 bits per heavy atom. The molecule has 2 heterocycles. The highest BCUT2D eigenvalue weighted by Crippen LogP contribution is 2.33. The van der Waals surface area contributed by atoms with E-state index < -0.39 is 35.3 Å². The molecule has 0 bridgehead atoms. The van der Waals surface area contributed by atoms with Crippen LogP contribution in [0.3, 0.4) is 0 Å². The highest BCUT2D eigenvalue weighted by molar-refractivity contribution is 5.99. The van der Waals surface area contributed by atoms with Gasteiger partial charge in [0.2, 0.25) is 11.8 Å². The Kier molecular flexibility index (Phi) is 17.8. The molecule has 0 aromatic heterocycles. The van der Waals surface area contributed by atoms with Gasteiger partial charge in [0, 0.05) is 37.6 Å². The van der Waals surface area contributed by atoms with Gasteiger partial charge < -0.3 is 38.6 Å². The highest BCUT2D eigenvalue weighted by atomic mass is 16.6. The number of phenols is 1. The van der Waals surface area contributed by atoms with Gasteiger partial charge in [-0.3, -0.25) is 29.0 Å². The molecular weight excluding hydrogens is 813 g/mol. The molecule has 5 rings (SSSR count). The number of anilines is 2.